The summed E-state index contributed by atoms with van der Waals surface area (Å²) >= 11 is 6.91. The van der Waals surface area contributed by atoms with Crippen molar-refractivity contribution in [3.05, 3.63) is 64.7 Å². The van der Waals surface area contributed by atoms with Gasteiger partial charge in [-0.1, -0.05) is 47.6 Å². The molecule has 0 bridgehead atoms. The van der Waals surface area contributed by atoms with Gasteiger partial charge >= 0.3 is 0 Å². The fourth-order valence-corrected chi connectivity index (χ4v) is 3.64. The minimum Gasteiger partial charge on any atom is -0.493 e. The van der Waals surface area contributed by atoms with Crippen LogP contribution in [-0.2, 0) is 11.2 Å². The lowest BCUT2D eigenvalue weighted by atomic mass is 10.0. The predicted octanol–water partition coefficient (Wildman–Crippen LogP) is 3.39. The van der Waals surface area contributed by atoms with Gasteiger partial charge in [-0.25, -0.2) is 0 Å². The summed E-state index contributed by atoms with van der Waals surface area (Å²) in [5, 5.41) is 11.9. The van der Waals surface area contributed by atoms with E-state index in [0.717, 1.165) is 22.9 Å². The number of carbonyl (C=O) groups excluding carboxylic acids is 2. The van der Waals surface area contributed by atoms with Crippen molar-refractivity contribution in [2.45, 2.75) is 17.6 Å². The van der Waals surface area contributed by atoms with E-state index in [1.807, 2.05) is 36.4 Å². The average Bonchev–Trinajstić information content (AvgIpc) is 2.95. The number of hydrogen-bond donors (Lipinski definition) is 2. The Morgan fingerprint density at radius 3 is 2.38 bits per heavy atom. The second-order valence-electron chi connectivity index (χ2n) is 5.97. The maximum atomic E-state index is 11.6. The number of thioether (sulfide) groups is 1. The molecule has 0 spiro atoms. The molecule has 0 radical (unpaired) electrons. The number of carbonyl (C=O) groups is 2. The van der Waals surface area contributed by atoms with Gasteiger partial charge in [-0.2, -0.15) is 0 Å². The summed E-state index contributed by atoms with van der Waals surface area (Å²) < 4.78 is 5.78. The lowest BCUT2D eigenvalue weighted by molar-refractivity contribution is -0.118. The summed E-state index contributed by atoms with van der Waals surface area (Å²) in [6.07, 6.45) is 0.493. The molecule has 136 valence electrons. The molecule has 1 aliphatic rings. The molecule has 7 heteroatoms. The van der Waals surface area contributed by atoms with Gasteiger partial charge in [0, 0.05) is 10.9 Å². The second-order valence-corrected chi connectivity index (χ2v) is 7.59. The van der Waals surface area contributed by atoms with Crippen LogP contribution in [0.4, 0.5) is 4.79 Å². The Kier molecular flexibility index (Phi) is 6.19. The first-order chi connectivity index (χ1) is 12.5. The van der Waals surface area contributed by atoms with Crippen molar-refractivity contribution >= 4 is 34.5 Å². The predicted molar refractivity (Wildman–Crippen MR) is 102 cm³/mol. The maximum absolute atomic E-state index is 11.6. The smallest absolute Gasteiger partial charge is 0.286 e. The third kappa shape index (κ3) is 4.78. The lowest BCUT2D eigenvalue weighted by Crippen LogP contribution is -2.25. The van der Waals surface area contributed by atoms with Crippen molar-refractivity contribution in [3.8, 4) is 5.75 Å². The molecular formula is C19H18ClNO4S. The van der Waals surface area contributed by atoms with Crippen molar-refractivity contribution < 1.29 is 19.4 Å². The van der Waals surface area contributed by atoms with E-state index in [1.165, 1.54) is 0 Å². The fraction of sp³-hybridized carbons (Fsp3) is 0.263. The molecule has 1 heterocycles. The van der Waals surface area contributed by atoms with E-state index in [1.54, 1.807) is 12.1 Å². The molecule has 2 aromatic carbocycles. The van der Waals surface area contributed by atoms with Crippen molar-refractivity contribution in [1.29, 1.82) is 0 Å². The molecule has 1 fully saturated rings. The van der Waals surface area contributed by atoms with Crippen LogP contribution < -0.4 is 10.1 Å². The quantitative estimate of drug-likeness (QED) is 0.756. The number of amides is 2. The summed E-state index contributed by atoms with van der Waals surface area (Å²) in [5.41, 5.74) is 1.92. The highest BCUT2D eigenvalue weighted by molar-refractivity contribution is 8.15. The number of nitrogens with one attached hydrogen (secondary N) is 1. The zero-order valence-electron chi connectivity index (χ0n) is 13.9. The standard InChI is InChI=1S/C19H18ClNO4S/c20-15-5-3-13(4-6-15)14(10-22)11-25-16-7-1-12(2-8-16)9-17-18(23)21-19(24)26-17/h1-8,14,17,22H,9-11H2,(H,21,23,24). The van der Waals surface area contributed by atoms with Gasteiger partial charge < -0.3 is 9.84 Å². The summed E-state index contributed by atoms with van der Waals surface area (Å²) in [7, 11) is 0. The van der Waals surface area contributed by atoms with Crippen LogP contribution in [-0.4, -0.2) is 34.7 Å². The molecule has 3 rings (SSSR count). The monoisotopic (exact) mass is 391 g/mol. The maximum Gasteiger partial charge on any atom is 0.286 e. The third-order valence-corrected chi connectivity index (χ3v) is 5.36. The van der Waals surface area contributed by atoms with Gasteiger partial charge in [0.25, 0.3) is 5.24 Å². The Hall–Kier alpha value is -2.02. The molecule has 2 amide bonds. The molecule has 2 atom stereocenters. The van der Waals surface area contributed by atoms with Gasteiger partial charge in [-0.15, -0.1) is 0 Å². The van der Waals surface area contributed by atoms with E-state index < -0.39 is 0 Å². The number of hydrogen-bond acceptors (Lipinski definition) is 5. The highest BCUT2D eigenvalue weighted by Crippen LogP contribution is 2.24. The molecule has 5 nitrogen and oxygen atoms in total. The van der Waals surface area contributed by atoms with Crippen molar-refractivity contribution in [2.75, 3.05) is 13.2 Å². The number of aliphatic hydroxyl groups excluding tert-OH is 1. The molecular weight excluding hydrogens is 374 g/mol. The van der Waals surface area contributed by atoms with Gasteiger partial charge in [-0.3, -0.25) is 14.9 Å². The van der Waals surface area contributed by atoms with Crippen LogP contribution in [0.15, 0.2) is 48.5 Å². The zero-order valence-corrected chi connectivity index (χ0v) is 15.4. The molecule has 2 unspecified atom stereocenters. The number of halogens is 1. The normalized spacial score (nSPS) is 17.8. The largest absolute Gasteiger partial charge is 0.493 e. The van der Waals surface area contributed by atoms with Crippen LogP contribution >= 0.6 is 23.4 Å². The molecule has 2 aromatic rings. The Labute approximate surface area is 160 Å². The lowest BCUT2D eigenvalue weighted by Gasteiger charge is -2.16. The Balaban J connectivity index is 1.56. The summed E-state index contributed by atoms with van der Waals surface area (Å²) in [4.78, 5) is 22.8. The minimum atomic E-state index is -0.377. The Morgan fingerprint density at radius 2 is 1.81 bits per heavy atom. The van der Waals surface area contributed by atoms with Gasteiger partial charge in [0.05, 0.1) is 18.5 Å². The molecule has 2 N–H and O–H groups in total. The number of rotatable bonds is 7. The van der Waals surface area contributed by atoms with Crippen LogP contribution in [0.5, 0.6) is 5.75 Å². The molecule has 26 heavy (non-hydrogen) atoms. The van der Waals surface area contributed by atoms with Crippen LogP contribution in [0.3, 0.4) is 0 Å². The highest BCUT2D eigenvalue weighted by Gasteiger charge is 2.31. The minimum absolute atomic E-state index is 0.0260. The van der Waals surface area contributed by atoms with Gasteiger partial charge in [-0.05, 0) is 41.8 Å². The molecule has 0 aromatic heterocycles. The fourth-order valence-electron chi connectivity index (χ4n) is 2.65. The van der Waals surface area contributed by atoms with E-state index in [0.29, 0.717) is 23.8 Å². The van der Waals surface area contributed by atoms with E-state index in [2.05, 4.69) is 5.32 Å². The Bertz CT molecular complexity index is 779. The van der Waals surface area contributed by atoms with E-state index in [-0.39, 0.29) is 28.9 Å². The second kappa shape index (κ2) is 8.58. The van der Waals surface area contributed by atoms with E-state index >= 15 is 0 Å². The zero-order chi connectivity index (χ0) is 18.5. The summed E-state index contributed by atoms with van der Waals surface area (Å²) in [6, 6.07) is 14.7. The van der Waals surface area contributed by atoms with Gasteiger partial charge in [0.15, 0.2) is 0 Å². The van der Waals surface area contributed by atoms with Crippen LogP contribution in [0.1, 0.15) is 17.0 Å². The number of benzene rings is 2. The summed E-state index contributed by atoms with van der Waals surface area (Å²) in [5.74, 6) is 0.298. The van der Waals surface area contributed by atoms with Crippen molar-refractivity contribution in [2.24, 2.45) is 0 Å². The van der Waals surface area contributed by atoms with Crippen molar-refractivity contribution in [3.63, 3.8) is 0 Å². The molecule has 0 saturated carbocycles. The topological polar surface area (TPSA) is 75.6 Å². The first-order valence-electron chi connectivity index (χ1n) is 8.14. The molecule has 0 aliphatic carbocycles. The first kappa shape index (κ1) is 18.8. The van der Waals surface area contributed by atoms with E-state index in [9.17, 15) is 14.7 Å². The first-order valence-corrected chi connectivity index (χ1v) is 9.40. The Morgan fingerprint density at radius 1 is 1.12 bits per heavy atom. The van der Waals surface area contributed by atoms with Crippen LogP contribution in [0.2, 0.25) is 5.02 Å². The van der Waals surface area contributed by atoms with Crippen molar-refractivity contribution in [1.82, 2.24) is 5.32 Å². The summed E-state index contributed by atoms with van der Waals surface area (Å²) in [6.45, 7) is 0.314. The SMILES string of the molecule is O=C1NC(=O)C(Cc2ccc(OCC(CO)c3ccc(Cl)cc3)cc2)S1. The van der Waals surface area contributed by atoms with Gasteiger partial charge in [0.2, 0.25) is 5.91 Å². The number of ether oxygens (including phenoxy) is 1. The highest BCUT2D eigenvalue weighted by atomic mass is 35.5. The number of imide groups is 1. The van der Waals surface area contributed by atoms with Crippen LogP contribution in [0.25, 0.3) is 0 Å². The third-order valence-electron chi connectivity index (χ3n) is 4.12. The van der Waals surface area contributed by atoms with Crippen LogP contribution in [0, 0.1) is 0 Å². The number of aliphatic hydroxyl groups is 1. The molecule has 1 aliphatic heterocycles. The van der Waals surface area contributed by atoms with E-state index in [4.69, 9.17) is 16.3 Å². The molecule has 1 saturated heterocycles. The average molecular weight is 392 g/mol. The van der Waals surface area contributed by atoms with Gasteiger partial charge in [0.1, 0.15) is 5.75 Å².